The number of hydrogen-bond donors (Lipinski definition) is 0. The van der Waals surface area contributed by atoms with E-state index in [2.05, 4.69) is 0 Å². The Morgan fingerprint density at radius 3 is 2.50 bits per heavy atom. The van der Waals surface area contributed by atoms with Gasteiger partial charge in [-0.1, -0.05) is 6.07 Å². The number of nitrogens with zero attached hydrogens (tertiary/aromatic N) is 1. The van der Waals surface area contributed by atoms with Gasteiger partial charge in [-0.15, -0.1) is 11.8 Å². The van der Waals surface area contributed by atoms with Crippen LogP contribution in [0.2, 0.25) is 0 Å². The fourth-order valence-corrected chi connectivity index (χ4v) is 2.77. The standard InChI is InChI=1S/C10H13NO5S2/c1-7(16-18(3,14)15)8-5-4-6-9(17-2)10(8)11(12)13/h4-7H,1-3H3. The van der Waals surface area contributed by atoms with Crippen LogP contribution >= 0.6 is 11.8 Å². The van der Waals surface area contributed by atoms with E-state index >= 15 is 0 Å². The van der Waals surface area contributed by atoms with Crippen molar-refractivity contribution in [3.05, 3.63) is 33.9 Å². The van der Waals surface area contributed by atoms with Crippen molar-refractivity contribution >= 4 is 27.6 Å². The first-order chi connectivity index (χ1) is 8.26. The average Bonchev–Trinajstić information content (AvgIpc) is 2.25. The third-order valence-corrected chi connectivity index (χ3v) is 3.60. The summed E-state index contributed by atoms with van der Waals surface area (Å²) in [5.74, 6) is 0. The lowest BCUT2D eigenvalue weighted by Gasteiger charge is -2.13. The number of para-hydroxylation sites is 1. The highest BCUT2D eigenvalue weighted by Gasteiger charge is 2.25. The third-order valence-electron chi connectivity index (χ3n) is 2.19. The van der Waals surface area contributed by atoms with E-state index in [1.54, 1.807) is 18.4 Å². The highest BCUT2D eigenvalue weighted by atomic mass is 32.2. The molecule has 0 N–H and O–H groups in total. The summed E-state index contributed by atoms with van der Waals surface area (Å²) >= 11 is 1.23. The summed E-state index contributed by atoms with van der Waals surface area (Å²) in [6.07, 6.45) is 1.73. The van der Waals surface area contributed by atoms with Crippen LogP contribution in [-0.4, -0.2) is 25.9 Å². The quantitative estimate of drug-likeness (QED) is 0.358. The Bertz CT molecular complexity index is 555. The summed E-state index contributed by atoms with van der Waals surface area (Å²) in [5.41, 5.74) is 0.137. The molecule has 1 rings (SSSR count). The number of hydrogen-bond acceptors (Lipinski definition) is 6. The maximum Gasteiger partial charge on any atom is 0.288 e. The van der Waals surface area contributed by atoms with Crippen molar-refractivity contribution in [3.63, 3.8) is 0 Å². The van der Waals surface area contributed by atoms with Gasteiger partial charge < -0.3 is 0 Å². The maximum absolute atomic E-state index is 11.1. The average molecular weight is 291 g/mol. The molecule has 0 saturated heterocycles. The number of benzene rings is 1. The van der Waals surface area contributed by atoms with Gasteiger partial charge in [0.2, 0.25) is 0 Å². The largest absolute Gasteiger partial charge is 0.288 e. The molecule has 1 atom stereocenters. The van der Waals surface area contributed by atoms with E-state index < -0.39 is 21.1 Å². The zero-order chi connectivity index (χ0) is 13.9. The Morgan fingerprint density at radius 2 is 2.06 bits per heavy atom. The summed E-state index contributed by atoms with van der Waals surface area (Å²) < 4.78 is 26.9. The first-order valence-electron chi connectivity index (χ1n) is 4.96. The number of nitro benzene ring substituents is 1. The molecule has 0 heterocycles. The van der Waals surface area contributed by atoms with Crippen molar-refractivity contribution < 1.29 is 17.5 Å². The second-order valence-electron chi connectivity index (χ2n) is 3.60. The fourth-order valence-electron chi connectivity index (χ4n) is 1.54. The molecule has 1 unspecified atom stereocenters. The first-order valence-corrected chi connectivity index (χ1v) is 8.00. The van der Waals surface area contributed by atoms with Gasteiger partial charge >= 0.3 is 0 Å². The topological polar surface area (TPSA) is 86.5 Å². The van der Waals surface area contributed by atoms with Crippen molar-refractivity contribution in [2.45, 2.75) is 17.9 Å². The van der Waals surface area contributed by atoms with Crippen molar-refractivity contribution in [1.82, 2.24) is 0 Å². The molecular weight excluding hydrogens is 278 g/mol. The molecule has 18 heavy (non-hydrogen) atoms. The number of thioether (sulfide) groups is 1. The molecule has 6 nitrogen and oxygen atoms in total. The van der Waals surface area contributed by atoms with Gasteiger partial charge in [-0.25, -0.2) is 0 Å². The van der Waals surface area contributed by atoms with Crippen LogP contribution in [0.4, 0.5) is 5.69 Å². The van der Waals surface area contributed by atoms with Gasteiger partial charge in [0, 0.05) is 0 Å². The van der Waals surface area contributed by atoms with Crippen LogP contribution in [0.5, 0.6) is 0 Å². The molecule has 0 aliphatic heterocycles. The molecule has 0 fully saturated rings. The van der Waals surface area contributed by atoms with Gasteiger partial charge in [-0.05, 0) is 25.3 Å². The Labute approximate surface area is 110 Å². The maximum atomic E-state index is 11.1. The van der Waals surface area contributed by atoms with Crippen LogP contribution in [-0.2, 0) is 14.3 Å². The normalized spacial score (nSPS) is 13.3. The minimum absolute atomic E-state index is 0.110. The monoisotopic (exact) mass is 291 g/mol. The van der Waals surface area contributed by atoms with Crippen LogP contribution in [0.3, 0.4) is 0 Å². The van der Waals surface area contributed by atoms with Crippen LogP contribution in [0.25, 0.3) is 0 Å². The third kappa shape index (κ3) is 3.69. The second-order valence-corrected chi connectivity index (χ2v) is 6.05. The second kappa shape index (κ2) is 5.68. The molecular formula is C10H13NO5S2. The van der Waals surface area contributed by atoms with Crippen molar-refractivity contribution in [3.8, 4) is 0 Å². The lowest BCUT2D eigenvalue weighted by molar-refractivity contribution is -0.388. The molecule has 0 saturated carbocycles. The molecule has 0 spiro atoms. The minimum Gasteiger partial charge on any atom is -0.262 e. The smallest absolute Gasteiger partial charge is 0.262 e. The predicted molar refractivity (Wildman–Crippen MR) is 69.2 cm³/mol. The van der Waals surface area contributed by atoms with E-state index in [1.807, 2.05) is 0 Å². The van der Waals surface area contributed by atoms with Crippen molar-refractivity contribution in [1.29, 1.82) is 0 Å². The molecule has 0 aromatic heterocycles. The van der Waals surface area contributed by atoms with E-state index in [4.69, 9.17) is 4.18 Å². The predicted octanol–water partition coefficient (Wildman–Crippen LogP) is 2.35. The van der Waals surface area contributed by atoms with Crippen LogP contribution < -0.4 is 0 Å². The molecule has 1 aromatic rings. The summed E-state index contributed by atoms with van der Waals surface area (Å²) in [6, 6.07) is 4.74. The lowest BCUT2D eigenvalue weighted by Crippen LogP contribution is -2.09. The van der Waals surface area contributed by atoms with Gasteiger partial charge in [0.05, 0.1) is 21.6 Å². The van der Waals surface area contributed by atoms with E-state index in [9.17, 15) is 18.5 Å². The Morgan fingerprint density at radius 1 is 1.44 bits per heavy atom. The van der Waals surface area contributed by atoms with Gasteiger partial charge in [0.15, 0.2) is 0 Å². The van der Waals surface area contributed by atoms with E-state index in [-0.39, 0.29) is 11.3 Å². The van der Waals surface area contributed by atoms with Crippen LogP contribution in [0.15, 0.2) is 23.1 Å². The van der Waals surface area contributed by atoms with E-state index in [0.717, 1.165) is 6.26 Å². The fraction of sp³-hybridized carbons (Fsp3) is 0.400. The Hall–Kier alpha value is -1.12. The molecule has 100 valence electrons. The van der Waals surface area contributed by atoms with E-state index in [0.29, 0.717) is 4.90 Å². The molecule has 1 aromatic carbocycles. The van der Waals surface area contributed by atoms with E-state index in [1.165, 1.54) is 24.8 Å². The van der Waals surface area contributed by atoms with Gasteiger partial charge in [0.1, 0.15) is 6.10 Å². The molecule has 0 aliphatic carbocycles. The first kappa shape index (κ1) is 14.9. The molecule has 0 bridgehead atoms. The number of nitro groups is 1. The van der Waals surface area contributed by atoms with Crippen molar-refractivity contribution in [2.24, 2.45) is 0 Å². The zero-order valence-corrected chi connectivity index (χ0v) is 11.7. The highest BCUT2D eigenvalue weighted by Crippen LogP contribution is 2.35. The molecule has 0 radical (unpaired) electrons. The SMILES string of the molecule is CSc1cccc(C(C)OS(C)(=O)=O)c1[N+](=O)[O-]. The van der Waals surface area contributed by atoms with Crippen molar-refractivity contribution in [2.75, 3.05) is 12.5 Å². The van der Waals surface area contributed by atoms with Gasteiger partial charge in [-0.2, -0.15) is 8.42 Å². The summed E-state index contributed by atoms with van der Waals surface area (Å²) in [7, 11) is -3.66. The van der Waals surface area contributed by atoms with Crippen LogP contribution in [0, 0.1) is 10.1 Å². The Kier molecular flexibility index (Phi) is 4.71. The summed E-state index contributed by atoms with van der Waals surface area (Å²) in [6.45, 7) is 1.47. The molecule has 8 heteroatoms. The highest BCUT2D eigenvalue weighted by molar-refractivity contribution is 7.98. The minimum atomic E-state index is -3.66. The molecule has 0 aliphatic rings. The lowest BCUT2D eigenvalue weighted by atomic mass is 10.1. The van der Waals surface area contributed by atoms with Gasteiger partial charge in [0.25, 0.3) is 15.8 Å². The van der Waals surface area contributed by atoms with Gasteiger partial charge in [-0.3, -0.25) is 14.3 Å². The zero-order valence-electron chi connectivity index (χ0n) is 10.1. The number of rotatable bonds is 5. The molecule has 0 amide bonds. The summed E-state index contributed by atoms with van der Waals surface area (Å²) in [4.78, 5) is 11.0. The summed E-state index contributed by atoms with van der Waals surface area (Å²) in [5, 5.41) is 11.1. The van der Waals surface area contributed by atoms with Crippen LogP contribution in [0.1, 0.15) is 18.6 Å². The Balaban J connectivity index is 3.27.